The van der Waals surface area contributed by atoms with Gasteiger partial charge in [0, 0.05) is 25.2 Å². The fraction of sp³-hybridized carbons (Fsp3) is 0.318. The van der Waals surface area contributed by atoms with Crippen molar-refractivity contribution in [3.63, 3.8) is 0 Å². The van der Waals surface area contributed by atoms with E-state index in [4.69, 9.17) is 16.3 Å². The van der Waals surface area contributed by atoms with Gasteiger partial charge in [-0.1, -0.05) is 41.4 Å². The number of amides is 2. The van der Waals surface area contributed by atoms with Gasteiger partial charge in [-0.25, -0.2) is 0 Å². The molecule has 2 amide bonds. The molecule has 1 saturated heterocycles. The minimum Gasteiger partial charge on any atom is -0.455 e. The normalized spacial score (nSPS) is 16.2. The number of ether oxygens (including phenoxy) is 1. The molecule has 0 aliphatic carbocycles. The number of hydrogen-bond acceptors (Lipinski definition) is 4. The van der Waals surface area contributed by atoms with Crippen molar-refractivity contribution in [2.45, 2.75) is 26.1 Å². The molecule has 1 unspecified atom stereocenters. The molecular weight excluding hydrogens is 449 g/mol. The van der Waals surface area contributed by atoms with Crippen LogP contribution in [-0.4, -0.2) is 35.8 Å². The number of nitrogens with one attached hydrogen (secondary N) is 1. The number of carbonyl (C=O) groups is 3. The molecule has 0 bridgehead atoms. The largest absolute Gasteiger partial charge is 0.455 e. The Kier molecular flexibility index (Phi) is 7.08. The van der Waals surface area contributed by atoms with Gasteiger partial charge in [-0.3, -0.25) is 14.4 Å². The molecule has 3 rings (SSSR count). The second-order valence-corrected chi connectivity index (χ2v) is 7.92. The van der Waals surface area contributed by atoms with Gasteiger partial charge in [-0.15, -0.1) is 0 Å². The highest BCUT2D eigenvalue weighted by Crippen LogP contribution is 2.36. The van der Waals surface area contributed by atoms with Crippen LogP contribution < -0.4 is 5.32 Å². The molecule has 10 heteroatoms. The van der Waals surface area contributed by atoms with Crippen LogP contribution in [0.1, 0.15) is 23.1 Å². The third-order valence-electron chi connectivity index (χ3n) is 4.94. The maximum atomic E-state index is 12.9. The van der Waals surface area contributed by atoms with Crippen molar-refractivity contribution in [2.24, 2.45) is 5.92 Å². The summed E-state index contributed by atoms with van der Waals surface area (Å²) in [5.41, 5.74) is 0.795. The van der Waals surface area contributed by atoms with Crippen molar-refractivity contribution in [3.8, 4) is 0 Å². The first kappa shape index (κ1) is 23.6. The van der Waals surface area contributed by atoms with Crippen molar-refractivity contribution in [1.82, 2.24) is 4.90 Å². The van der Waals surface area contributed by atoms with E-state index in [1.807, 2.05) is 31.2 Å². The number of aryl methyl sites for hydroxylation is 1. The molecule has 1 aliphatic heterocycles. The molecule has 32 heavy (non-hydrogen) atoms. The molecule has 1 fully saturated rings. The highest BCUT2D eigenvalue weighted by atomic mass is 35.5. The maximum absolute atomic E-state index is 12.9. The summed E-state index contributed by atoms with van der Waals surface area (Å²) in [6.07, 6.45) is -4.71. The zero-order chi connectivity index (χ0) is 23.5. The molecule has 0 radical (unpaired) electrons. The molecule has 0 saturated carbocycles. The lowest BCUT2D eigenvalue weighted by molar-refractivity contribution is -0.151. The Bertz CT molecular complexity index is 1020. The minimum absolute atomic E-state index is 0.0293. The van der Waals surface area contributed by atoms with Crippen LogP contribution in [0.5, 0.6) is 0 Å². The van der Waals surface area contributed by atoms with Crippen LogP contribution in [-0.2, 0) is 31.8 Å². The third-order valence-corrected chi connectivity index (χ3v) is 5.27. The lowest BCUT2D eigenvalue weighted by atomic mass is 10.1. The summed E-state index contributed by atoms with van der Waals surface area (Å²) in [5.74, 6) is -2.44. The van der Waals surface area contributed by atoms with Gasteiger partial charge in [0.2, 0.25) is 5.91 Å². The summed E-state index contributed by atoms with van der Waals surface area (Å²) in [5, 5.41) is 1.73. The fourth-order valence-corrected chi connectivity index (χ4v) is 3.49. The van der Waals surface area contributed by atoms with Crippen molar-refractivity contribution in [3.05, 3.63) is 64.2 Å². The molecule has 1 atom stereocenters. The lowest BCUT2D eigenvalue weighted by Gasteiger charge is -2.16. The second kappa shape index (κ2) is 9.60. The topological polar surface area (TPSA) is 75.7 Å². The molecule has 6 nitrogen and oxygen atoms in total. The van der Waals surface area contributed by atoms with Crippen molar-refractivity contribution in [1.29, 1.82) is 0 Å². The number of nitrogens with zero attached hydrogens (tertiary/aromatic N) is 1. The maximum Gasteiger partial charge on any atom is 0.417 e. The predicted octanol–water partition coefficient (Wildman–Crippen LogP) is 4.20. The number of rotatable bonds is 6. The Morgan fingerprint density at radius 3 is 2.53 bits per heavy atom. The molecule has 170 valence electrons. The van der Waals surface area contributed by atoms with Gasteiger partial charge in [0.05, 0.1) is 16.5 Å². The van der Waals surface area contributed by atoms with E-state index in [-0.39, 0.29) is 24.6 Å². The van der Waals surface area contributed by atoms with Gasteiger partial charge >= 0.3 is 12.1 Å². The summed E-state index contributed by atoms with van der Waals surface area (Å²) < 4.78 is 43.7. The van der Waals surface area contributed by atoms with Crippen molar-refractivity contribution < 1.29 is 32.3 Å². The zero-order valence-electron chi connectivity index (χ0n) is 17.0. The monoisotopic (exact) mass is 468 g/mol. The first-order valence-corrected chi connectivity index (χ1v) is 10.1. The van der Waals surface area contributed by atoms with Crippen LogP contribution in [0.2, 0.25) is 5.02 Å². The van der Waals surface area contributed by atoms with Gasteiger partial charge in [0.15, 0.2) is 6.61 Å². The van der Waals surface area contributed by atoms with Crippen LogP contribution in [0.3, 0.4) is 0 Å². The molecule has 2 aromatic carbocycles. The Labute approximate surface area is 187 Å². The van der Waals surface area contributed by atoms with Gasteiger partial charge in [0.1, 0.15) is 0 Å². The lowest BCUT2D eigenvalue weighted by Crippen LogP contribution is -2.28. The summed E-state index contributed by atoms with van der Waals surface area (Å²) in [4.78, 5) is 38.0. The number of hydrogen-bond donors (Lipinski definition) is 1. The van der Waals surface area contributed by atoms with Gasteiger partial charge in [0.25, 0.3) is 5.91 Å². The van der Waals surface area contributed by atoms with Crippen LogP contribution in [0.25, 0.3) is 0 Å². The van der Waals surface area contributed by atoms with Crippen LogP contribution in [0.4, 0.5) is 18.9 Å². The van der Waals surface area contributed by atoms with Crippen molar-refractivity contribution in [2.75, 3.05) is 18.5 Å². The highest BCUT2D eigenvalue weighted by Gasteiger charge is 2.36. The number of esters is 1. The number of likely N-dealkylation sites (tertiary alicyclic amines) is 1. The molecule has 0 spiro atoms. The van der Waals surface area contributed by atoms with E-state index >= 15 is 0 Å². The molecule has 0 aromatic heterocycles. The molecule has 1 heterocycles. The Morgan fingerprint density at radius 2 is 1.88 bits per heavy atom. The van der Waals surface area contributed by atoms with E-state index in [2.05, 4.69) is 5.32 Å². The number of carbonyl (C=O) groups excluding carboxylic acids is 3. The average Bonchev–Trinajstić information content (AvgIpc) is 3.09. The van der Waals surface area contributed by atoms with Gasteiger partial charge in [-0.05, 0) is 30.7 Å². The zero-order valence-corrected chi connectivity index (χ0v) is 17.8. The number of alkyl halides is 3. The Hall–Kier alpha value is -3.07. The molecule has 2 aromatic rings. The Morgan fingerprint density at radius 1 is 1.19 bits per heavy atom. The molecule has 1 N–H and O–H groups in total. The minimum atomic E-state index is -4.68. The van der Waals surface area contributed by atoms with E-state index in [1.54, 1.807) is 4.90 Å². The molecule has 1 aliphatic rings. The fourth-order valence-electron chi connectivity index (χ4n) is 3.27. The first-order chi connectivity index (χ1) is 15.0. The molecular formula is C22H20ClF3N2O4. The standard InChI is InChI=1S/C22H20ClF3N2O4/c1-13-2-4-14(5-3-13)10-28-11-15(8-20(28)30)21(31)32-12-19(29)27-16-6-7-18(23)17(9-16)22(24,25)26/h2-7,9,15H,8,10-12H2,1H3,(H,27,29). The van der Waals surface area contributed by atoms with E-state index < -0.39 is 41.2 Å². The van der Waals surface area contributed by atoms with E-state index in [0.717, 1.165) is 17.2 Å². The van der Waals surface area contributed by atoms with Gasteiger partial charge < -0.3 is 15.0 Å². The summed E-state index contributed by atoms with van der Waals surface area (Å²) in [7, 11) is 0. The van der Waals surface area contributed by atoms with Crippen molar-refractivity contribution >= 4 is 35.1 Å². The quantitative estimate of drug-likeness (QED) is 0.645. The van der Waals surface area contributed by atoms with Crippen LogP contribution in [0, 0.1) is 12.8 Å². The van der Waals surface area contributed by atoms with E-state index in [0.29, 0.717) is 12.6 Å². The van der Waals surface area contributed by atoms with Crippen LogP contribution >= 0.6 is 11.6 Å². The van der Waals surface area contributed by atoms with Gasteiger partial charge in [-0.2, -0.15) is 13.2 Å². The first-order valence-electron chi connectivity index (χ1n) is 9.69. The third kappa shape index (κ3) is 6.00. The smallest absolute Gasteiger partial charge is 0.417 e. The van der Waals surface area contributed by atoms with E-state index in [9.17, 15) is 27.6 Å². The second-order valence-electron chi connectivity index (χ2n) is 7.51. The number of halogens is 4. The summed E-state index contributed by atoms with van der Waals surface area (Å²) in [6.45, 7) is 1.79. The number of benzene rings is 2. The summed E-state index contributed by atoms with van der Waals surface area (Å²) in [6, 6.07) is 10.6. The SMILES string of the molecule is Cc1ccc(CN2CC(C(=O)OCC(=O)Nc3ccc(Cl)c(C(F)(F)F)c3)CC2=O)cc1. The van der Waals surface area contributed by atoms with Crippen LogP contribution in [0.15, 0.2) is 42.5 Å². The average molecular weight is 469 g/mol. The van der Waals surface area contributed by atoms with E-state index in [1.165, 1.54) is 6.07 Å². The number of anilines is 1. The highest BCUT2D eigenvalue weighted by molar-refractivity contribution is 6.31. The summed E-state index contributed by atoms with van der Waals surface area (Å²) >= 11 is 5.54. The predicted molar refractivity (Wildman–Crippen MR) is 111 cm³/mol. The Balaban J connectivity index is 1.51.